The third kappa shape index (κ3) is 14.4. The van der Waals surface area contributed by atoms with Gasteiger partial charge in [0.15, 0.2) is 6.10 Å². The summed E-state index contributed by atoms with van der Waals surface area (Å²) in [6.07, 6.45) is -4.81. The van der Waals surface area contributed by atoms with Crippen LogP contribution in [0.1, 0.15) is 42.7 Å². The maximum atomic E-state index is 13.5. The second kappa shape index (κ2) is 21.9. The summed E-state index contributed by atoms with van der Waals surface area (Å²) >= 11 is 9.12. The van der Waals surface area contributed by atoms with Gasteiger partial charge < -0.3 is 54.9 Å². The molecule has 0 saturated carbocycles. The summed E-state index contributed by atoms with van der Waals surface area (Å²) in [5.74, 6) is -22.8. The summed E-state index contributed by atoms with van der Waals surface area (Å²) in [7, 11) is 0. The van der Waals surface area contributed by atoms with Crippen LogP contribution in [-0.4, -0.2) is 68.2 Å². The Morgan fingerprint density at radius 3 is 1.36 bits per heavy atom. The number of hydrogen-bond donors (Lipinski definition) is 4. The van der Waals surface area contributed by atoms with Gasteiger partial charge in [0.05, 0.1) is 14.3 Å². The molecule has 0 saturated heterocycles. The number of hydrogen-bond acceptors (Lipinski definition) is 12. The smallest absolute Gasteiger partial charge is 0.331 e. The molecular formula is C33H24F6I5O12-3. The number of carbonyl (C=O) groups is 4. The molecule has 3 aromatic carbocycles. The zero-order valence-electron chi connectivity index (χ0n) is 27.8. The van der Waals surface area contributed by atoms with Crippen molar-refractivity contribution in [2.75, 3.05) is 0 Å². The van der Waals surface area contributed by atoms with Crippen molar-refractivity contribution in [1.82, 2.24) is 0 Å². The summed E-state index contributed by atoms with van der Waals surface area (Å²) in [4.78, 5) is 42.5. The van der Waals surface area contributed by atoms with Crippen molar-refractivity contribution in [2.24, 2.45) is 5.92 Å². The number of aliphatic hydroxyl groups excluding tert-OH is 2. The van der Waals surface area contributed by atoms with Gasteiger partial charge in [-0.2, -0.15) is 26.3 Å². The van der Waals surface area contributed by atoms with Gasteiger partial charge in [0.25, 0.3) is 0 Å². The highest BCUT2D eigenvalue weighted by Gasteiger charge is 2.46. The highest BCUT2D eigenvalue weighted by atomic mass is 127. The van der Waals surface area contributed by atoms with Crippen LogP contribution in [0.3, 0.4) is 0 Å². The molecule has 0 spiro atoms. The van der Waals surface area contributed by atoms with Gasteiger partial charge >= 0.3 is 23.7 Å². The zero-order chi connectivity index (χ0) is 43.7. The lowest BCUT2D eigenvalue weighted by atomic mass is 10.0. The lowest BCUT2D eigenvalue weighted by Gasteiger charge is -2.29. The van der Waals surface area contributed by atoms with Crippen molar-refractivity contribution >= 4 is 143 Å². The van der Waals surface area contributed by atoms with Crippen LogP contribution in [0.5, 0.6) is 11.5 Å². The van der Waals surface area contributed by atoms with E-state index in [1.54, 1.807) is 57.3 Å². The molecule has 0 aliphatic heterocycles. The number of aliphatic carboxylic acids is 3. The third-order valence-electron chi connectivity index (χ3n) is 6.70. The average molecular weight is 1360 g/mol. The van der Waals surface area contributed by atoms with Gasteiger partial charge in [-0.1, -0.05) is 26.0 Å². The molecule has 0 fully saturated rings. The maximum absolute atomic E-state index is 13.5. The predicted octanol–water partition coefficient (Wildman–Crippen LogP) is 4.30. The van der Waals surface area contributed by atoms with Crippen molar-refractivity contribution in [1.29, 1.82) is 0 Å². The Labute approximate surface area is 381 Å². The molecule has 3 rings (SSSR count). The molecule has 0 amide bonds. The third-order valence-corrected chi connectivity index (χ3v) is 10.7. The predicted molar refractivity (Wildman–Crippen MR) is 220 cm³/mol. The standard InChI is InChI=1S/C15H14F2I2O5.C9H6F2I2O4.C9H7F2IO3/c1-7(2)13(15(16,17)14(22)23)24-11(20)4-3-8-5-9(18)12(21)10(19)6-8;10-9(11,8(16)17)7(15)3-1-4(12)6(14)5(13)2-3;10-9(11,8(14)15)7(13)5-1-3-6(12)4-2-5/h3-7,13,21H,1-2H3,(H,22,23);1-2,7,14-15H,(H,16,17);1-4,7,13H,(H,14,15)/p-3/b4-3+;;. The van der Waals surface area contributed by atoms with Crippen LogP contribution >= 0.6 is 113 Å². The molecule has 23 heteroatoms. The SMILES string of the molecule is CC(C)C(OC(=O)/C=C/c1cc(I)c(O)c(I)c1)C(F)(F)C(=O)[O-].O=C([O-])C(F)(F)C(O)c1cc(I)c(O)c(I)c1.O=C([O-])C(F)(F)C(O)c1ccc(I)cc1. The number of rotatable bonds is 12. The number of alkyl halides is 6. The number of halogens is 11. The van der Waals surface area contributed by atoms with Crippen molar-refractivity contribution in [3.05, 3.63) is 89.1 Å². The van der Waals surface area contributed by atoms with Crippen LogP contribution < -0.4 is 15.3 Å². The number of benzene rings is 3. The average Bonchev–Trinajstić information content (AvgIpc) is 3.10. The van der Waals surface area contributed by atoms with Gasteiger partial charge in [0, 0.05) is 9.65 Å². The first-order valence-corrected chi connectivity index (χ1v) is 20.0. The second-order valence-electron chi connectivity index (χ2n) is 11.2. The molecule has 0 radical (unpaired) electrons. The first-order valence-electron chi connectivity index (χ1n) is 14.6. The Balaban J connectivity index is 0.000000434. The minimum absolute atomic E-state index is 0.101. The van der Waals surface area contributed by atoms with Crippen LogP contribution in [-0.2, 0) is 23.9 Å². The quantitative estimate of drug-likeness (QED) is 0.0862. The van der Waals surface area contributed by atoms with E-state index in [0.29, 0.717) is 12.7 Å². The Morgan fingerprint density at radius 2 is 1.00 bits per heavy atom. The molecule has 12 nitrogen and oxygen atoms in total. The van der Waals surface area contributed by atoms with E-state index >= 15 is 0 Å². The van der Waals surface area contributed by atoms with Gasteiger partial charge in [-0.3, -0.25) is 0 Å². The van der Waals surface area contributed by atoms with Gasteiger partial charge in [-0.05, 0) is 178 Å². The van der Waals surface area contributed by atoms with Gasteiger partial charge in [-0.15, -0.1) is 0 Å². The van der Waals surface area contributed by atoms with E-state index in [-0.39, 0.29) is 29.8 Å². The summed E-state index contributed by atoms with van der Waals surface area (Å²) in [5.41, 5.74) is 0.0849. The number of aromatic hydroxyl groups is 2. The van der Waals surface area contributed by atoms with Crippen LogP contribution in [0.25, 0.3) is 6.08 Å². The Morgan fingerprint density at radius 1 is 0.643 bits per heavy atom. The van der Waals surface area contributed by atoms with E-state index in [4.69, 9.17) is 5.11 Å². The highest BCUT2D eigenvalue weighted by Crippen LogP contribution is 2.36. The second-order valence-corrected chi connectivity index (χ2v) is 17.1. The normalized spacial score (nSPS) is 13.4. The van der Waals surface area contributed by atoms with Gasteiger partial charge in [-0.25, -0.2) is 4.79 Å². The number of phenols is 2. The lowest BCUT2D eigenvalue weighted by Crippen LogP contribution is -2.53. The number of carboxylic acid groups (broad SMARTS) is 3. The molecular weight excluding hydrogens is 1340 g/mol. The van der Waals surface area contributed by atoms with Crippen LogP contribution in [0.2, 0.25) is 0 Å². The summed E-state index contributed by atoms with van der Waals surface area (Å²) in [5, 5.41) is 68.3. The summed E-state index contributed by atoms with van der Waals surface area (Å²) in [6, 6.07) is 10.8. The molecule has 3 aromatic rings. The van der Waals surface area contributed by atoms with E-state index in [0.717, 1.165) is 21.8 Å². The number of carbonyl (C=O) groups excluding carboxylic acids is 4. The molecule has 0 aliphatic rings. The number of ether oxygens (including phenoxy) is 1. The molecule has 0 aromatic heterocycles. The Bertz CT molecular complexity index is 1880. The summed E-state index contributed by atoms with van der Waals surface area (Å²) < 4.78 is 85.7. The molecule has 3 unspecified atom stereocenters. The summed E-state index contributed by atoms with van der Waals surface area (Å²) in [6.45, 7) is 2.62. The maximum Gasteiger partial charge on any atom is 0.331 e. The fourth-order valence-electron chi connectivity index (χ4n) is 3.78. The Hall–Kier alpha value is -1.97. The molecule has 0 bridgehead atoms. The first kappa shape index (κ1) is 52.0. The van der Waals surface area contributed by atoms with E-state index in [9.17, 15) is 76.2 Å². The molecule has 4 N–H and O–H groups in total. The van der Waals surface area contributed by atoms with E-state index < -0.39 is 65.9 Å². The van der Waals surface area contributed by atoms with Gasteiger partial charge in [0.2, 0.25) is 0 Å². The van der Waals surface area contributed by atoms with Crippen molar-refractivity contribution in [2.45, 2.75) is 49.9 Å². The number of carboxylic acids is 3. The highest BCUT2D eigenvalue weighted by molar-refractivity contribution is 14.1. The molecule has 3 atom stereocenters. The molecule has 0 heterocycles. The minimum atomic E-state index is -4.39. The first-order chi connectivity index (χ1) is 25.5. The fourth-order valence-corrected chi connectivity index (χ4v) is 7.78. The lowest BCUT2D eigenvalue weighted by molar-refractivity contribution is -0.338. The van der Waals surface area contributed by atoms with Crippen molar-refractivity contribution < 1.29 is 86.0 Å². The van der Waals surface area contributed by atoms with Crippen LogP contribution in [0, 0.1) is 23.8 Å². The number of aliphatic hydroxyl groups is 2. The minimum Gasteiger partial charge on any atom is -0.544 e. The molecule has 56 heavy (non-hydrogen) atoms. The number of esters is 1. The molecule has 308 valence electrons. The number of phenolic OH excluding ortho intramolecular Hbond substituents is 2. The van der Waals surface area contributed by atoms with E-state index in [1.807, 2.05) is 67.8 Å². The van der Waals surface area contributed by atoms with Gasteiger partial charge in [0.1, 0.15) is 41.6 Å². The van der Waals surface area contributed by atoms with E-state index in [2.05, 4.69) is 4.74 Å². The molecule has 0 aliphatic carbocycles. The van der Waals surface area contributed by atoms with Crippen molar-refractivity contribution in [3.63, 3.8) is 0 Å². The Kier molecular flexibility index (Phi) is 20.3. The van der Waals surface area contributed by atoms with Crippen molar-refractivity contribution in [3.8, 4) is 11.5 Å². The fraction of sp³-hybridized carbons (Fsp3) is 0.273. The van der Waals surface area contributed by atoms with Crippen LogP contribution in [0.4, 0.5) is 26.3 Å². The van der Waals surface area contributed by atoms with Crippen LogP contribution in [0.15, 0.2) is 54.6 Å². The zero-order valence-corrected chi connectivity index (χ0v) is 38.6. The van der Waals surface area contributed by atoms with E-state index in [1.165, 1.54) is 44.2 Å². The largest absolute Gasteiger partial charge is 0.544 e. The monoisotopic (exact) mass is 1360 g/mol. The topological polar surface area (TPSA) is 228 Å².